The quantitative estimate of drug-likeness (QED) is 0.654. The Kier molecular flexibility index (Phi) is 4.44. The molecule has 108 valence electrons. The van der Waals surface area contributed by atoms with Gasteiger partial charge in [-0.3, -0.25) is 11.3 Å². The number of hydrogen-bond donors (Lipinski definition) is 2. The Labute approximate surface area is 116 Å². The molecule has 0 saturated carbocycles. The maximum atomic E-state index is 12.0. The highest BCUT2D eigenvalue weighted by Gasteiger charge is 2.40. The number of hydrogen-bond acceptors (Lipinski definition) is 4. The van der Waals surface area contributed by atoms with E-state index in [2.05, 4.69) is 11.5 Å². The van der Waals surface area contributed by atoms with Gasteiger partial charge in [0.25, 0.3) is 0 Å². The zero-order valence-corrected chi connectivity index (χ0v) is 13.4. The molecular weight excluding hydrogens is 260 g/mol. The van der Waals surface area contributed by atoms with E-state index in [-0.39, 0.29) is 0 Å². The van der Waals surface area contributed by atoms with Gasteiger partial charge in [0.05, 0.1) is 10.8 Å². The van der Waals surface area contributed by atoms with Gasteiger partial charge in [0.1, 0.15) is 0 Å². The van der Waals surface area contributed by atoms with Crippen LogP contribution in [0.25, 0.3) is 0 Å². The molecule has 4 nitrogen and oxygen atoms in total. The normalized spacial score (nSPS) is 14.5. The molecule has 0 spiro atoms. The van der Waals surface area contributed by atoms with Crippen molar-refractivity contribution < 1.29 is 8.42 Å². The predicted molar refractivity (Wildman–Crippen MR) is 79.6 cm³/mol. The molecule has 0 aliphatic heterocycles. The Hall–Kier alpha value is -0.910. The molecule has 1 aromatic carbocycles. The first-order chi connectivity index (χ1) is 8.52. The number of sulfone groups is 1. The molecule has 0 aliphatic rings. The molecule has 0 amide bonds. The SMILES string of the molecule is Cc1cc(C)c(C(NN)C(C)(C)S(C)(=O)=O)cc1C. The lowest BCUT2D eigenvalue weighted by Crippen LogP contribution is -2.47. The van der Waals surface area contributed by atoms with Crippen LogP contribution in [0.15, 0.2) is 12.1 Å². The van der Waals surface area contributed by atoms with Crippen molar-refractivity contribution in [2.75, 3.05) is 6.26 Å². The van der Waals surface area contributed by atoms with Crippen molar-refractivity contribution >= 4 is 9.84 Å². The van der Waals surface area contributed by atoms with Gasteiger partial charge in [0.2, 0.25) is 0 Å². The molecule has 0 aromatic heterocycles. The third-order valence-electron chi connectivity index (χ3n) is 4.01. The fourth-order valence-electron chi connectivity index (χ4n) is 2.17. The Bertz CT molecular complexity index is 577. The van der Waals surface area contributed by atoms with E-state index in [0.717, 1.165) is 16.7 Å². The summed E-state index contributed by atoms with van der Waals surface area (Å²) in [6, 6.07) is 3.64. The lowest BCUT2D eigenvalue weighted by molar-refractivity contribution is 0.426. The summed E-state index contributed by atoms with van der Waals surface area (Å²) in [5, 5.41) is 0. The van der Waals surface area contributed by atoms with Crippen molar-refractivity contribution in [3.63, 3.8) is 0 Å². The van der Waals surface area contributed by atoms with Gasteiger partial charge < -0.3 is 0 Å². The van der Waals surface area contributed by atoms with Crippen molar-refractivity contribution in [3.8, 4) is 0 Å². The van der Waals surface area contributed by atoms with Crippen LogP contribution in [0.3, 0.4) is 0 Å². The number of benzene rings is 1. The molecule has 0 radical (unpaired) electrons. The largest absolute Gasteiger partial charge is 0.271 e. The molecule has 1 rings (SSSR count). The van der Waals surface area contributed by atoms with Crippen LogP contribution in [0.2, 0.25) is 0 Å². The van der Waals surface area contributed by atoms with E-state index in [0.29, 0.717) is 0 Å². The van der Waals surface area contributed by atoms with E-state index in [1.807, 2.05) is 26.8 Å². The summed E-state index contributed by atoms with van der Waals surface area (Å²) in [7, 11) is -3.24. The molecule has 0 bridgehead atoms. The van der Waals surface area contributed by atoms with Gasteiger partial charge in [0.15, 0.2) is 9.84 Å². The molecule has 0 fully saturated rings. The average molecular weight is 284 g/mol. The first-order valence-corrected chi connectivity index (χ1v) is 8.15. The van der Waals surface area contributed by atoms with Gasteiger partial charge >= 0.3 is 0 Å². The number of nitrogens with one attached hydrogen (secondary N) is 1. The number of aryl methyl sites for hydroxylation is 3. The first-order valence-electron chi connectivity index (χ1n) is 6.26. The Morgan fingerprint density at radius 1 is 1.11 bits per heavy atom. The average Bonchev–Trinajstić information content (AvgIpc) is 2.24. The minimum atomic E-state index is -3.24. The van der Waals surface area contributed by atoms with Crippen molar-refractivity contribution in [2.45, 2.75) is 45.4 Å². The summed E-state index contributed by atoms with van der Waals surface area (Å²) >= 11 is 0. The molecule has 3 N–H and O–H groups in total. The second kappa shape index (κ2) is 5.23. The van der Waals surface area contributed by atoms with Gasteiger partial charge in [-0.2, -0.15) is 0 Å². The number of hydrazine groups is 1. The van der Waals surface area contributed by atoms with Crippen LogP contribution < -0.4 is 11.3 Å². The van der Waals surface area contributed by atoms with Crippen LogP contribution in [-0.2, 0) is 9.84 Å². The summed E-state index contributed by atoms with van der Waals surface area (Å²) in [6.07, 6.45) is 1.24. The van der Waals surface area contributed by atoms with E-state index in [4.69, 9.17) is 5.84 Å². The van der Waals surface area contributed by atoms with Gasteiger partial charge in [-0.25, -0.2) is 8.42 Å². The minimum absolute atomic E-state index is 0.443. The molecule has 0 saturated heterocycles. The molecule has 1 aromatic rings. The fraction of sp³-hybridized carbons (Fsp3) is 0.571. The van der Waals surface area contributed by atoms with Gasteiger partial charge in [0, 0.05) is 6.26 Å². The molecule has 1 unspecified atom stereocenters. The summed E-state index contributed by atoms with van der Waals surface area (Å²) in [4.78, 5) is 0. The Morgan fingerprint density at radius 2 is 1.58 bits per heavy atom. The lowest BCUT2D eigenvalue weighted by Gasteiger charge is -2.33. The highest BCUT2D eigenvalue weighted by molar-refractivity contribution is 7.92. The van der Waals surface area contributed by atoms with E-state index in [9.17, 15) is 8.42 Å². The van der Waals surface area contributed by atoms with Crippen molar-refractivity contribution in [3.05, 3.63) is 34.4 Å². The van der Waals surface area contributed by atoms with Crippen molar-refractivity contribution in [1.29, 1.82) is 0 Å². The van der Waals surface area contributed by atoms with Gasteiger partial charge in [-0.1, -0.05) is 12.1 Å². The zero-order chi connectivity index (χ0) is 15.0. The second-order valence-corrected chi connectivity index (χ2v) is 8.36. The van der Waals surface area contributed by atoms with Crippen LogP contribution in [-0.4, -0.2) is 19.4 Å². The van der Waals surface area contributed by atoms with E-state index in [1.165, 1.54) is 11.8 Å². The van der Waals surface area contributed by atoms with Crippen molar-refractivity contribution in [1.82, 2.24) is 5.43 Å². The molecule has 0 aliphatic carbocycles. The monoisotopic (exact) mass is 284 g/mol. The van der Waals surface area contributed by atoms with Gasteiger partial charge in [-0.15, -0.1) is 0 Å². The van der Waals surface area contributed by atoms with Crippen LogP contribution >= 0.6 is 0 Å². The highest BCUT2D eigenvalue weighted by atomic mass is 32.2. The van der Waals surface area contributed by atoms with E-state index >= 15 is 0 Å². The van der Waals surface area contributed by atoms with E-state index in [1.54, 1.807) is 13.8 Å². The van der Waals surface area contributed by atoms with Crippen LogP contribution in [0, 0.1) is 20.8 Å². The first kappa shape index (κ1) is 16.1. The van der Waals surface area contributed by atoms with Gasteiger partial charge in [-0.05, 0) is 56.9 Å². The Morgan fingerprint density at radius 3 is 2.00 bits per heavy atom. The van der Waals surface area contributed by atoms with Crippen molar-refractivity contribution in [2.24, 2.45) is 5.84 Å². The van der Waals surface area contributed by atoms with Crippen LogP contribution in [0.5, 0.6) is 0 Å². The van der Waals surface area contributed by atoms with Crippen LogP contribution in [0.4, 0.5) is 0 Å². The zero-order valence-electron chi connectivity index (χ0n) is 12.5. The number of nitrogens with two attached hydrogens (primary N) is 1. The number of rotatable bonds is 4. The maximum absolute atomic E-state index is 12.0. The topological polar surface area (TPSA) is 72.2 Å². The summed E-state index contributed by atoms with van der Waals surface area (Å²) in [5.41, 5.74) is 6.97. The van der Waals surface area contributed by atoms with Crippen LogP contribution in [0.1, 0.15) is 42.1 Å². The molecule has 0 heterocycles. The highest BCUT2D eigenvalue weighted by Crippen LogP contribution is 2.34. The summed E-state index contributed by atoms with van der Waals surface area (Å²) in [6.45, 7) is 9.42. The standard InChI is InChI=1S/C14H24N2O2S/c1-9-7-11(3)12(8-10(9)2)13(16-15)14(4,5)19(6,17)18/h7-8,13,16H,15H2,1-6H3. The maximum Gasteiger partial charge on any atom is 0.154 e. The van der Waals surface area contributed by atoms with E-state index < -0.39 is 20.6 Å². The molecular formula is C14H24N2O2S. The second-order valence-electron chi connectivity index (χ2n) is 5.77. The minimum Gasteiger partial charge on any atom is -0.271 e. The summed E-state index contributed by atoms with van der Waals surface area (Å²) in [5.74, 6) is 5.63. The molecule has 5 heteroatoms. The smallest absolute Gasteiger partial charge is 0.154 e. The Balaban J connectivity index is 3.45. The third kappa shape index (κ3) is 2.99. The fourth-order valence-corrected chi connectivity index (χ4v) is 2.80. The third-order valence-corrected chi connectivity index (χ3v) is 6.16. The molecule has 19 heavy (non-hydrogen) atoms. The molecule has 1 atom stereocenters. The lowest BCUT2D eigenvalue weighted by atomic mass is 9.89. The summed E-state index contributed by atoms with van der Waals surface area (Å²) < 4.78 is 23.0. The predicted octanol–water partition coefficient (Wildman–Crippen LogP) is 1.94.